The van der Waals surface area contributed by atoms with E-state index in [4.69, 9.17) is 22.1 Å². The third-order valence-electron chi connectivity index (χ3n) is 2.76. The van der Waals surface area contributed by atoms with Gasteiger partial charge in [0.1, 0.15) is 4.90 Å². The molecule has 120 valence electrons. The van der Waals surface area contributed by atoms with Crippen molar-refractivity contribution in [3.8, 4) is 0 Å². The van der Waals surface area contributed by atoms with E-state index in [0.29, 0.717) is 0 Å². The highest BCUT2D eigenvalue weighted by Gasteiger charge is 2.29. The number of nitrogens with zero attached hydrogens (tertiary/aromatic N) is 1. The number of nitrogens with two attached hydrogens (primary N) is 1. The fraction of sp³-hybridized carbons (Fsp3) is 0.538. The lowest BCUT2D eigenvalue weighted by Gasteiger charge is -2.24. The van der Waals surface area contributed by atoms with E-state index in [2.05, 4.69) is 0 Å². The zero-order valence-electron chi connectivity index (χ0n) is 12.3. The van der Waals surface area contributed by atoms with E-state index in [-0.39, 0.29) is 36.3 Å². The summed E-state index contributed by atoms with van der Waals surface area (Å²) < 4.78 is 45.4. The van der Waals surface area contributed by atoms with Crippen LogP contribution in [0, 0.1) is 11.7 Å². The molecule has 2 N–H and O–H groups in total. The van der Waals surface area contributed by atoms with Gasteiger partial charge >= 0.3 is 0 Å². The van der Waals surface area contributed by atoms with Crippen molar-refractivity contribution in [3.63, 3.8) is 0 Å². The van der Waals surface area contributed by atoms with Crippen LogP contribution in [0.1, 0.15) is 13.8 Å². The number of rotatable bonds is 7. The van der Waals surface area contributed by atoms with Crippen molar-refractivity contribution in [3.05, 3.63) is 23.0 Å². The average Bonchev–Trinajstić information content (AvgIpc) is 2.38. The molecule has 0 heterocycles. The zero-order chi connectivity index (χ0) is 16.2. The van der Waals surface area contributed by atoms with E-state index < -0.39 is 20.7 Å². The van der Waals surface area contributed by atoms with Gasteiger partial charge in [0.2, 0.25) is 10.0 Å². The first-order valence-corrected chi connectivity index (χ1v) is 8.25. The average molecular weight is 339 g/mol. The lowest BCUT2D eigenvalue weighted by molar-refractivity contribution is 0.175. The molecule has 8 heteroatoms. The molecule has 0 aromatic heterocycles. The van der Waals surface area contributed by atoms with E-state index in [1.165, 1.54) is 17.5 Å². The van der Waals surface area contributed by atoms with Gasteiger partial charge in [0.15, 0.2) is 5.82 Å². The van der Waals surface area contributed by atoms with Gasteiger partial charge in [-0.05, 0) is 18.1 Å². The van der Waals surface area contributed by atoms with Crippen molar-refractivity contribution < 1.29 is 17.5 Å². The molecule has 0 amide bonds. The van der Waals surface area contributed by atoms with Crippen LogP contribution in [0.4, 0.5) is 10.1 Å². The molecule has 0 radical (unpaired) electrons. The quantitative estimate of drug-likeness (QED) is 0.775. The second kappa shape index (κ2) is 7.40. The summed E-state index contributed by atoms with van der Waals surface area (Å²) in [4.78, 5) is -0.510. The van der Waals surface area contributed by atoms with Crippen LogP contribution in [0.5, 0.6) is 0 Å². The normalized spacial score (nSPS) is 12.3. The first-order valence-electron chi connectivity index (χ1n) is 6.43. The van der Waals surface area contributed by atoms with Crippen LogP contribution in [-0.4, -0.2) is 39.5 Å². The fourth-order valence-corrected chi connectivity index (χ4v) is 3.82. The summed E-state index contributed by atoms with van der Waals surface area (Å²) in [6.07, 6.45) is 0. The summed E-state index contributed by atoms with van der Waals surface area (Å²) >= 11 is 5.79. The van der Waals surface area contributed by atoms with Crippen LogP contribution >= 0.6 is 11.6 Å². The number of hydrogen-bond acceptors (Lipinski definition) is 4. The maximum absolute atomic E-state index is 14.1. The van der Waals surface area contributed by atoms with Crippen LogP contribution < -0.4 is 5.73 Å². The molecule has 1 aromatic rings. The Labute approximate surface area is 129 Å². The first-order chi connectivity index (χ1) is 9.70. The van der Waals surface area contributed by atoms with Gasteiger partial charge in [-0.2, -0.15) is 4.31 Å². The standard InChI is InChI=1S/C13H20ClFN2O3S/c1-9(2)8-17(4-5-20-3)21(18,19)12-7-10(14)6-11(16)13(12)15/h6-7,9H,4-5,8,16H2,1-3H3. The molecular formula is C13H20ClFN2O3S. The Kier molecular flexibility index (Phi) is 6.40. The first kappa shape index (κ1) is 18.2. The summed E-state index contributed by atoms with van der Waals surface area (Å²) in [7, 11) is -2.56. The fourth-order valence-electron chi connectivity index (χ4n) is 1.82. The van der Waals surface area contributed by atoms with Gasteiger partial charge < -0.3 is 10.5 Å². The lowest BCUT2D eigenvalue weighted by Crippen LogP contribution is -2.37. The monoisotopic (exact) mass is 338 g/mol. The Balaban J connectivity index is 3.28. The second-order valence-corrected chi connectivity index (χ2v) is 7.40. The topological polar surface area (TPSA) is 72.6 Å². The highest BCUT2D eigenvalue weighted by atomic mass is 35.5. The molecule has 0 aliphatic carbocycles. The highest BCUT2D eigenvalue weighted by molar-refractivity contribution is 7.89. The molecule has 1 rings (SSSR count). The maximum atomic E-state index is 14.1. The molecule has 0 bridgehead atoms. The highest BCUT2D eigenvalue weighted by Crippen LogP contribution is 2.28. The third kappa shape index (κ3) is 4.54. The Morgan fingerprint density at radius 1 is 1.43 bits per heavy atom. The third-order valence-corrected chi connectivity index (χ3v) is 4.85. The van der Waals surface area contributed by atoms with E-state index in [1.807, 2.05) is 13.8 Å². The largest absolute Gasteiger partial charge is 0.396 e. The number of ether oxygens (including phenoxy) is 1. The number of sulfonamides is 1. The Bertz CT molecular complexity index is 593. The van der Waals surface area contributed by atoms with Crippen molar-refractivity contribution in [2.75, 3.05) is 32.5 Å². The van der Waals surface area contributed by atoms with Gasteiger partial charge in [0.05, 0.1) is 12.3 Å². The van der Waals surface area contributed by atoms with Gasteiger partial charge in [-0.3, -0.25) is 0 Å². The van der Waals surface area contributed by atoms with Crippen molar-refractivity contribution in [2.24, 2.45) is 5.92 Å². The zero-order valence-corrected chi connectivity index (χ0v) is 13.8. The van der Waals surface area contributed by atoms with Crippen LogP contribution in [0.15, 0.2) is 17.0 Å². The molecule has 0 fully saturated rings. The Morgan fingerprint density at radius 3 is 2.57 bits per heavy atom. The van der Waals surface area contributed by atoms with Crippen LogP contribution in [0.25, 0.3) is 0 Å². The number of anilines is 1. The number of nitrogen functional groups attached to an aromatic ring is 1. The van der Waals surface area contributed by atoms with Crippen molar-refractivity contribution in [1.82, 2.24) is 4.31 Å². The van der Waals surface area contributed by atoms with Gasteiger partial charge in [-0.25, -0.2) is 12.8 Å². The smallest absolute Gasteiger partial charge is 0.246 e. The molecule has 0 unspecified atom stereocenters. The molecule has 0 aliphatic heterocycles. The number of halogens is 2. The molecule has 0 saturated carbocycles. The van der Waals surface area contributed by atoms with Crippen LogP contribution in [0.2, 0.25) is 5.02 Å². The minimum Gasteiger partial charge on any atom is -0.396 e. The van der Waals surface area contributed by atoms with Gasteiger partial charge in [0, 0.05) is 25.2 Å². The summed E-state index contributed by atoms with van der Waals surface area (Å²) in [5, 5.41) is 0.0729. The second-order valence-electron chi connectivity index (χ2n) is 5.06. The van der Waals surface area contributed by atoms with Gasteiger partial charge in [-0.1, -0.05) is 25.4 Å². The molecule has 5 nitrogen and oxygen atoms in total. The van der Waals surface area contributed by atoms with Gasteiger partial charge in [-0.15, -0.1) is 0 Å². The van der Waals surface area contributed by atoms with Crippen molar-refractivity contribution >= 4 is 27.3 Å². The molecule has 0 spiro atoms. The van der Waals surface area contributed by atoms with Crippen LogP contribution in [0.3, 0.4) is 0 Å². The Morgan fingerprint density at radius 2 is 2.05 bits per heavy atom. The summed E-state index contributed by atoms with van der Waals surface area (Å²) in [5.41, 5.74) is 5.16. The number of benzene rings is 1. The maximum Gasteiger partial charge on any atom is 0.246 e. The van der Waals surface area contributed by atoms with Crippen LogP contribution in [-0.2, 0) is 14.8 Å². The summed E-state index contributed by atoms with van der Waals surface area (Å²) in [6, 6.07) is 2.25. The van der Waals surface area contributed by atoms with E-state index in [1.54, 1.807) is 0 Å². The Hall–Kier alpha value is -0.890. The summed E-state index contributed by atoms with van der Waals surface area (Å²) in [6.45, 7) is 4.33. The summed E-state index contributed by atoms with van der Waals surface area (Å²) in [5.74, 6) is -0.901. The van der Waals surface area contributed by atoms with Gasteiger partial charge in [0.25, 0.3) is 0 Å². The molecular weight excluding hydrogens is 319 g/mol. The minimum atomic E-state index is -4.03. The SMILES string of the molecule is COCCN(CC(C)C)S(=O)(=O)c1cc(Cl)cc(N)c1F. The molecule has 0 aliphatic rings. The van der Waals surface area contributed by atoms with E-state index in [0.717, 1.165) is 6.07 Å². The molecule has 0 saturated heterocycles. The van der Waals surface area contributed by atoms with E-state index >= 15 is 0 Å². The molecule has 1 aromatic carbocycles. The predicted molar refractivity (Wildman–Crippen MR) is 81.3 cm³/mol. The van der Waals surface area contributed by atoms with Crippen molar-refractivity contribution in [2.45, 2.75) is 18.7 Å². The molecule has 0 atom stereocenters. The number of methoxy groups -OCH3 is 1. The predicted octanol–water partition coefficient (Wildman–Crippen LogP) is 2.35. The van der Waals surface area contributed by atoms with E-state index in [9.17, 15) is 12.8 Å². The minimum absolute atomic E-state index is 0.0729. The lowest BCUT2D eigenvalue weighted by atomic mass is 10.2. The molecule has 21 heavy (non-hydrogen) atoms. The van der Waals surface area contributed by atoms with Crippen molar-refractivity contribution in [1.29, 1.82) is 0 Å². The number of hydrogen-bond donors (Lipinski definition) is 1.